The van der Waals surface area contributed by atoms with Crippen LogP contribution < -0.4 is 11.1 Å². The minimum atomic E-state index is -0.242. The number of rotatable bonds is 4. The molecule has 0 saturated carbocycles. The van der Waals surface area contributed by atoms with Crippen LogP contribution in [-0.4, -0.2) is 22.2 Å². The van der Waals surface area contributed by atoms with E-state index in [1.165, 1.54) is 5.39 Å². The van der Waals surface area contributed by atoms with Gasteiger partial charge in [-0.2, -0.15) is 5.10 Å². The Hall–Kier alpha value is -2.37. The highest BCUT2D eigenvalue weighted by Gasteiger charge is 2.28. The van der Waals surface area contributed by atoms with E-state index in [9.17, 15) is 4.79 Å². The topological polar surface area (TPSA) is 72.9 Å². The van der Waals surface area contributed by atoms with E-state index in [0.717, 1.165) is 35.9 Å². The summed E-state index contributed by atoms with van der Waals surface area (Å²) in [7, 11) is 0. The molecule has 0 aliphatic carbocycles. The van der Waals surface area contributed by atoms with E-state index >= 15 is 0 Å². The summed E-state index contributed by atoms with van der Waals surface area (Å²) < 4.78 is 1.85. The molecular formula is C20H23ClN4O. The third-order valence-corrected chi connectivity index (χ3v) is 4.99. The molecule has 4 rings (SSSR count). The SMILES string of the molecule is Cl.NCC(NC(=O)C1CCCc2ccnn21)c1ccc2ccccc2c1. The smallest absolute Gasteiger partial charge is 0.245 e. The molecule has 0 radical (unpaired) electrons. The summed E-state index contributed by atoms with van der Waals surface area (Å²) in [5.41, 5.74) is 8.12. The van der Waals surface area contributed by atoms with Gasteiger partial charge in [0.25, 0.3) is 0 Å². The van der Waals surface area contributed by atoms with Gasteiger partial charge >= 0.3 is 0 Å². The van der Waals surface area contributed by atoms with Crippen molar-refractivity contribution in [3.8, 4) is 0 Å². The average molecular weight is 371 g/mol. The number of nitrogens with zero attached hydrogens (tertiary/aromatic N) is 2. The Bertz CT molecular complexity index is 907. The van der Waals surface area contributed by atoms with Crippen molar-refractivity contribution >= 4 is 29.1 Å². The van der Waals surface area contributed by atoms with E-state index in [4.69, 9.17) is 5.73 Å². The first-order chi connectivity index (χ1) is 12.3. The predicted molar refractivity (Wildman–Crippen MR) is 105 cm³/mol. The number of nitrogens with one attached hydrogen (secondary N) is 1. The average Bonchev–Trinajstić information content (AvgIpc) is 3.14. The molecule has 1 aromatic heterocycles. The molecule has 2 atom stereocenters. The van der Waals surface area contributed by atoms with Gasteiger partial charge in [-0.15, -0.1) is 12.4 Å². The van der Waals surface area contributed by atoms with Gasteiger partial charge < -0.3 is 11.1 Å². The van der Waals surface area contributed by atoms with Gasteiger partial charge in [-0.3, -0.25) is 9.48 Å². The Balaban J connectivity index is 0.00000196. The maximum atomic E-state index is 12.8. The lowest BCUT2D eigenvalue weighted by Gasteiger charge is -2.26. The summed E-state index contributed by atoms with van der Waals surface area (Å²) in [6, 6.07) is 16.0. The number of hydrogen-bond donors (Lipinski definition) is 2. The number of benzene rings is 2. The van der Waals surface area contributed by atoms with Crippen molar-refractivity contribution in [2.24, 2.45) is 5.73 Å². The highest BCUT2D eigenvalue weighted by atomic mass is 35.5. The largest absolute Gasteiger partial charge is 0.346 e. The van der Waals surface area contributed by atoms with Gasteiger partial charge in [-0.25, -0.2) is 0 Å². The Morgan fingerprint density at radius 1 is 1.23 bits per heavy atom. The fraction of sp³-hybridized carbons (Fsp3) is 0.300. The Morgan fingerprint density at radius 2 is 2.04 bits per heavy atom. The van der Waals surface area contributed by atoms with Crippen LogP contribution in [0.2, 0.25) is 0 Å². The van der Waals surface area contributed by atoms with E-state index in [-0.39, 0.29) is 30.4 Å². The standard InChI is InChI=1S/C20H22N4O.ClH/c21-13-18(16-9-8-14-4-1-2-5-15(14)12-16)23-20(25)19-7-3-6-17-10-11-22-24(17)19;/h1-2,4-5,8-12,18-19H,3,6-7,13,21H2,(H,23,25);1H. The Morgan fingerprint density at radius 3 is 2.85 bits per heavy atom. The summed E-state index contributed by atoms with van der Waals surface area (Å²) in [5.74, 6) is -0.00624. The molecule has 0 saturated heterocycles. The normalized spacial score (nSPS) is 17.2. The van der Waals surface area contributed by atoms with Crippen molar-refractivity contribution in [2.45, 2.75) is 31.3 Å². The maximum absolute atomic E-state index is 12.8. The van der Waals surface area contributed by atoms with Gasteiger partial charge in [0.15, 0.2) is 0 Å². The van der Waals surface area contributed by atoms with Crippen LogP contribution in [0.3, 0.4) is 0 Å². The van der Waals surface area contributed by atoms with Gasteiger partial charge in [0.05, 0.1) is 6.04 Å². The molecule has 136 valence electrons. The molecule has 0 bridgehead atoms. The lowest BCUT2D eigenvalue weighted by atomic mass is 9.99. The maximum Gasteiger partial charge on any atom is 0.245 e. The lowest BCUT2D eigenvalue weighted by Crippen LogP contribution is -2.40. The molecule has 2 heterocycles. The quantitative estimate of drug-likeness (QED) is 0.741. The van der Waals surface area contributed by atoms with Crippen LogP contribution in [0.4, 0.5) is 0 Å². The van der Waals surface area contributed by atoms with Gasteiger partial charge in [0.2, 0.25) is 5.91 Å². The summed E-state index contributed by atoms with van der Waals surface area (Å²) in [6.45, 7) is 0.364. The summed E-state index contributed by atoms with van der Waals surface area (Å²) in [5, 5.41) is 9.79. The molecule has 3 N–H and O–H groups in total. The minimum absolute atomic E-state index is 0. The number of amides is 1. The molecule has 1 aliphatic heterocycles. The van der Waals surface area contributed by atoms with Crippen LogP contribution >= 0.6 is 12.4 Å². The lowest BCUT2D eigenvalue weighted by molar-refractivity contribution is -0.125. The predicted octanol–water partition coefficient (Wildman–Crippen LogP) is 3.15. The second kappa shape index (κ2) is 7.89. The van der Waals surface area contributed by atoms with E-state index in [1.54, 1.807) is 6.20 Å². The van der Waals surface area contributed by atoms with E-state index < -0.39 is 0 Å². The Kier molecular flexibility index (Phi) is 5.59. The minimum Gasteiger partial charge on any atom is -0.346 e. The number of aromatic nitrogens is 2. The molecule has 1 amide bonds. The van der Waals surface area contributed by atoms with Crippen molar-refractivity contribution in [3.05, 3.63) is 66.0 Å². The third-order valence-electron chi connectivity index (χ3n) is 4.99. The Labute approximate surface area is 159 Å². The zero-order valence-electron chi connectivity index (χ0n) is 14.5. The van der Waals surface area contributed by atoms with Crippen molar-refractivity contribution in [2.75, 3.05) is 6.54 Å². The first-order valence-corrected chi connectivity index (χ1v) is 8.78. The molecule has 0 spiro atoms. The van der Waals surface area contributed by atoms with Crippen LogP contribution in [0.1, 0.15) is 36.2 Å². The van der Waals surface area contributed by atoms with Gasteiger partial charge in [-0.05, 0) is 47.7 Å². The number of carbonyl (C=O) groups is 1. The molecule has 1 aliphatic rings. The fourth-order valence-corrected chi connectivity index (χ4v) is 3.63. The van der Waals surface area contributed by atoms with Gasteiger partial charge in [0.1, 0.15) is 6.04 Å². The first kappa shape index (κ1) is 18.4. The number of halogens is 1. The molecule has 3 aromatic rings. The van der Waals surface area contributed by atoms with E-state index in [1.807, 2.05) is 28.9 Å². The highest BCUT2D eigenvalue weighted by molar-refractivity contribution is 5.85. The number of aryl methyl sites for hydroxylation is 1. The summed E-state index contributed by atoms with van der Waals surface area (Å²) >= 11 is 0. The number of hydrogen-bond acceptors (Lipinski definition) is 3. The summed E-state index contributed by atoms with van der Waals surface area (Å²) in [4.78, 5) is 12.8. The van der Waals surface area contributed by atoms with Gasteiger partial charge in [0, 0.05) is 18.4 Å². The van der Waals surface area contributed by atoms with Crippen molar-refractivity contribution < 1.29 is 4.79 Å². The summed E-state index contributed by atoms with van der Waals surface area (Å²) in [6.07, 6.45) is 4.57. The van der Waals surface area contributed by atoms with Crippen LogP contribution in [0, 0.1) is 0 Å². The molecule has 6 heteroatoms. The van der Waals surface area contributed by atoms with Crippen LogP contribution in [0.25, 0.3) is 10.8 Å². The number of fused-ring (bicyclic) bond motifs is 2. The molecule has 5 nitrogen and oxygen atoms in total. The van der Waals surface area contributed by atoms with Crippen LogP contribution in [-0.2, 0) is 11.2 Å². The molecule has 2 aromatic carbocycles. The molecule has 26 heavy (non-hydrogen) atoms. The van der Waals surface area contributed by atoms with Crippen molar-refractivity contribution in [1.29, 1.82) is 0 Å². The van der Waals surface area contributed by atoms with Crippen molar-refractivity contribution in [1.82, 2.24) is 15.1 Å². The zero-order valence-corrected chi connectivity index (χ0v) is 15.3. The number of carbonyl (C=O) groups excluding carboxylic acids is 1. The zero-order chi connectivity index (χ0) is 17.2. The monoisotopic (exact) mass is 370 g/mol. The number of nitrogens with two attached hydrogens (primary N) is 1. The van der Waals surface area contributed by atoms with Crippen LogP contribution in [0.5, 0.6) is 0 Å². The highest BCUT2D eigenvalue weighted by Crippen LogP contribution is 2.25. The van der Waals surface area contributed by atoms with Crippen molar-refractivity contribution in [3.63, 3.8) is 0 Å². The second-order valence-electron chi connectivity index (χ2n) is 6.58. The fourth-order valence-electron chi connectivity index (χ4n) is 3.63. The first-order valence-electron chi connectivity index (χ1n) is 8.78. The van der Waals surface area contributed by atoms with Gasteiger partial charge in [-0.1, -0.05) is 36.4 Å². The van der Waals surface area contributed by atoms with E-state index in [0.29, 0.717) is 6.54 Å². The molecule has 0 fully saturated rings. The third kappa shape index (κ3) is 3.45. The van der Waals surface area contributed by atoms with Crippen LogP contribution in [0.15, 0.2) is 54.7 Å². The molecule has 2 unspecified atom stereocenters. The molecular weight excluding hydrogens is 348 g/mol. The second-order valence-corrected chi connectivity index (χ2v) is 6.58. The van der Waals surface area contributed by atoms with E-state index in [2.05, 4.69) is 34.7 Å².